The summed E-state index contributed by atoms with van der Waals surface area (Å²) in [5.41, 5.74) is 0. The van der Waals surface area contributed by atoms with Crippen LogP contribution in [0.3, 0.4) is 0 Å². The molecule has 0 aromatic carbocycles. The molecule has 0 saturated carbocycles. The molecular weight excluding hydrogens is 174 g/mol. The third-order valence-corrected chi connectivity index (χ3v) is 3.04. The van der Waals surface area contributed by atoms with Crippen molar-refractivity contribution in [3.8, 4) is 0 Å². The monoisotopic (exact) mass is 195 g/mol. The third-order valence-electron chi connectivity index (χ3n) is 3.04. The van der Waals surface area contributed by atoms with Gasteiger partial charge in [-0.2, -0.15) is 0 Å². The number of hydrogen-bond donors (Lipinski definition) is 2. The normalized spacial score (nSPS) is 29.1. The molecule has 1 unspecified atom stereocenters. The van der Waals surface area contributed by atoms with Crippen LogP contribution >= 0.6 is 0 Å². The zero-order valence-electron chi connectivity index (χ0n) is 8.89. The van der Waals surface area contributed by atoms with E-state index in [-0.39, 0.29) is 0 Å². The van der Waals surface area contributed by atoms with Crippen molar-refractivity contribution in [2.75, 3.05) is 19.6 Å². The van der Waals surface area contributed by atoms with E-state index in [1.54, 1.807) is 0 Å². The highest BCUT2D eigenvalue weighted by molar-refractivity contribution is 5.82. The van der Waals surface area contributed by atoms with Gasteiger partial charge in [-0.3, -0.25) is 4.99 Å². The number of nitrogens with zero attached hydrogens (tertiary/aromatic N) is 1. The number of aliphatic imine (C=N–C) groups is 1. The quantitative estimate of drug-likeness (QED) is 0.661. The van der Waals surface area contributed by atoms with Crippen LogP contribution in [0.2, 0.25) is 0 Å². The molecule has 3 nitrogen and oxygen atoms in total. The zero-order valence-corrected chi connectivity index (χ0v) is 8.89. The highest BCUT2D eigenvalue weighted by Gasteiger charge is 2.14. The lowest BCUT2D eigenvalue weighted by Crippen LogP contribution is -2.45. The average Bonchev–Trinajstić information content (AvgIpc) is 2.48. The first-order chi connectivity index (χ1) is 6.95. The van der Waals surface area contributed by atoms with Gasteiger partial charge in [0, 0.05) is 25.6 Å². The van der Waals surface area contributed by atoms with Crippen molar-refractivity contribution in [3.63, 3.8) is 0 Å². The number of hydrogen-bond acceptors (Lipinski definition) is 3. The van der Waals surface area contributed by atoms with Gasteiger partial charge >= 0.3 is 0 Å². The van der Waals surface area contributed by atoms with Gasteiger partial charge in [0.25, 0.3) is 0 Å². The predicted molar refractivity (Wildman–Crippen MR) is 59.8 cm³/mol. The molecule has 1 fully saturated rings. The van der Waals surface area contributed by atoms with Crippen molar-refractivity contribution in [1.29, 1.82) is 0 Å². The first-order valence-electron chi connectivity index (χ1n) is 5.96. The summed E-state index contributed by atoms with van der Waals surface area (Å²) in [7, 11) is 0. The van der Waals surface area contributed by atoms with Gasteiger partial charge in [-0.1, -0.05) is 6.42 Å². The summed E-state index contributed by atoms with van der Waals surface area (Å²) >= 11 is 0. The van der Waals surface area contributed by atoms with Crippen LogP contribution in [-0.2, 0) is 0 Å². The summed E-state index contributed by atoms with van der Waals surface area (Å²) in [6, 6.07) is 0.626. The number of rotatable bonds is 1. The Morgan fingerprint density at radius 1 is 1.21 bits per heavy atom. The van der Waals surface area contributed by atoms with Crippen molar-refractivity contribution in [1.82, 2.24) is 10.6 Å². The van der Waals surface area contributed by atoms with Gasteiger partial charge in [-0.25, -0.2) is 0 Å². The van der Waals surface area contributed by atoms with E-state index < -0.39 is 0 Å². The van der Waals surface area contributed by atoms with E-state index in [1.165, 1.54) is 44.5 Å². The molecule has 0 aromatic heterocycles. The Morgan fingerprint density at radius 3 is 3.07 bits per heavy atom. The van der Waals surface area contributed by atoms with Crippen molar-refractivity contribution >= 4 is 5.84 Å². The van der Waals surface area contributed by atoms with Gasteiger partial charge in [0.1, 0.15) is 0 Å². The molecule has 14 heavy (non-hydrogen) atoms. The molecule has 0 radical (unpaired) electrons. The molecule has 2 N–H and O–H groups in total. The average molecular weight is 195 g/mol. The lowest BCUT2D eigenvalue weighted by molar-refractivity contribution is 0.429. The van der Waals surface area contributed by atoms with Crippen molar-refractivity contribution < 1.29 is 0 Å². The van der Waals surface area contributed by atoms with Gasteiger partial charge in [0.15, 0.2) is 0 Å². The molecule has 0 aromatic rings. The molecule has 3 heteroatoms. The summed E-state index contributed by atoms with van der Waals surface area (Å²) in [6.07, 6.45) is 7.69. The molecule has 0 bridgehead atoms. The smallest absolute Gasteiger partial charge is 0.0965 e. The van der Waals surface area contributed by atoms with E-state index in [0.29, 0.717) is 6.04 Å². The lowest BCUT2D eigenvalue weighted by Gasteiger charge is -2.25. The molecule has 2 heterocycles. The summed E-state index contributed by atoms with van der Waals surface area (Å²) in [5.74, 6) is 1.26. The minimum absolute atomic E-state index is 0.626. The summed E-state index contributed by atoms with van der Waals surface area (Å²) in [5, 5.41) is 7.01. The van der Waals surface area contributed by atoms with Gasteiger partial charge in [-0.15, -0.1) is 0 Å². The van der Waals surface area contributed by atoms with Crippen molar-refractivity contribution in [2.45, 2.75) is 44.6 Å². The highest BCUT2D eigenvalue weighted by atomic mass is 15.1. The molecule has 0 aliphatic carbocycles. The van der Waals surface area contributed by atoms with Crippen molar-refractivity contribution in [3.05, 3.63) is 0 Å². The lowest BCUT2D eigenvalue weighted by atomic mass is 10.1. The molecule has 0 amide bonds. The van der Waals surface area contributed by atoms with Crippen LogP contribution in [0.1, 0.15) is 38.5 Å². The van der Waals surface area contributed by atoms with E-state index in [9.17, 15) is 0 Å². The van der Waals surface area contributed by atoms with E-state index in [2.05, 4.69) is 15.6 Å². The Hall–Kier alpha value is -0.570. The zero-order chi connectivity index (χ0) is 9.64. The minimum atomic E-state index is 0.626. The van der Waals surface area contributed by atoms with E-state index >= 15 is 0 Å². The summed E-state index contributed by atoms with van der Waals surface area (Å²) in [6.45, 7) is 3.33. The fourth-order valence-electron chi connectivity index (χ4n) is 2.20. The SMILES string of the molecule is C1CCN=C(NC2CCCNC2)CC1. The Kier molecular flexibility index (Phi) is 3.80. The fraction of sp³-hybridized carbons (Fsp3) is 0.909. The topological polar surface area (TPSA) is 36.4 Å². The Morgan fingerprint density at radius 2 is 2.21 bits per heavy atom. The Balaban J connectivity index is 1.79. The van der Waals surface area contributed by atoms with Crippen LogP contribution in [-0.4, -0.2) is 31.5 Å². The Labute approximate surface area is 86.4 Å². The summed E-state index contributed by atoms with van der Waals surface area (Å²) < 4.78 is 0. The van der Waals surface area contributed by atoms with Crippen LogP contribution in [0, 0.1) is 0 Å². The van der Waals surface area contributed by atoms with Crippen LogP contribution in [0.15, 0.2) is 4.99 Å². The first-order valence-corrected chi connectivity index (χ1v) is 5.96. The second-order valence-electron chi connectivity index (χ2n) is 4.33. The fourth-order valence-corrected chi connectivity index (χ4v) is 2.20. The maximum Gasteiger partial charge on any atom is 0.0965 e. The second kappa shape index (κ2) is 5.35. The minimum Gasteiger partial charge on any atom is -0.370 e. The van der Waals surface area contributed by atoms with Crippen LogP contribution in [0.4, 0.5) is 0 Å². The van der Waals surface area contributed by atoms with Gasteiger partial charge in [0.05, 0.1) is 5.84 Å². The molecule has 2 aliphatic rings. The number of piperidine rings is 1. The number of amidine groups is 1. The predicted octanol–water partition coefficient (Wildman–Crippen LogP) is 1.30. The molecular formula is C11H21N3. The largest absolute Gasteiger partial charge is 0.370 e. The van der Waals surface area contributed by atoms with Crippen LogP contribution < -0.4 is 10.6 Å². The maximum atomic E-state index is 4.60. The van der Waals surface area contributed by atoms with Gasteiger partial charge in [0.2, 0.25) is 0 Å². The van der Waals surface area contributed by atoms with Crippen LogP contribution in [0.5, 0.6) is 0 Å². The van der Waals surface area contributed by atoms with Gasteiger partial charge < -0.3 is 10.6 Å². The second-order valence-corrected chi connectivity index (χ2v) is 4.33. The van der Waals surface area contributed by atoms with E-state index in [4.69, 9.17) is 0 Å². The van der Waals surface area contributed by atoms with E-state index in [1.807, 2.05) is 0 Å². The standard InChI is InChI=1S/C11H21N3/c1-2-6-11(13-8-3-1)14-10-5-4-7-12-9-10/h10,12H,1-9H2,(H,13,14). The molecule has 80 valence electrons. The Bertz CT molecular complexity index is 195. The van der Waals surface area contributed by atoms with Crippen LogP contribution in [0.25, 0.3) is 0 Å². The highest BCUT2D eigenvalue weighted by Crippen LogP contribution is 2.08. The van der Waals surface area contributed by atoms with Crippen molar-refractivity contribution in [2.24, 2.45) is 4.99 Å². The first kappa shape index (κ1) is 9.97. The molecule has 1 saturated heterocycles. The molecule has 2 rings (SSSR count). The number of nitrogens with one attached hydrogen (secondary N) is 2. The molecule has 1 atom stereocenters. The summed E-state index contributed by atoms with van der Waals surface area (Å²) in [4.78, 5) is 4.60. The van der Waals surface area contributed by atoms with E-state index in [0.717, 1.165) is 19.5 Å². The molecule has 2 aliphatic heterocycles. The maximum absolute atomic E-state index is 4.60. The molecule has 0 spiro atoms. The van der Waals surface area contributed by atoms with Gasteiger partial charge in [-0.05, 0) is 32.2 Å². The third kappa shape index (κ3) is 2.98.